The second-order valence-electron chi connectivity index (χ2n) is 3.69. The van der Waals surface area contributed by atoms with Crippen molar-refractivity contribution in [1.82, 2.24) is 5.32 Å². The largest absolute Gasteiger partial charge is 0.393 e. The number of nitrogens with one attached hydrogen (secondary N) is 1. The molecule has 0 bridgehead atoms. The van der Waals surface area contributed by atoms with E-state index in [1.807, 2.05) is 24.3 Å². The van der Waals surface area contributed by atoms with Gasteiger partial charge in [-0.15, -0.1) is 0 Å². The third-order valence-corrected chi connectivity index (χ3v) is 3.10. The van der Waals surface area contributed by atoms with Crippen LogP contribution in [-0.2, 0) is 0 Å². The summed E-state index contributed by atoms with van der Waals surface area (Å²) in [6.45, 7) is 0.660. The van der Waals surface area contributed by atoms with Crippen LogP contribution in [0.4, 0.5) is 0 Å². The quantitative estimate of drug-likeness (QED) is 0.465. The van der Waals surface area contributed by atoms with Crippen molar-refractivity contribution < 1.29 is 4.79 Å². The minimum Gasteiger partial charge on any atom is -0.393 e. The molecular weight excluding hydrogens is 347 g/mol. The van der Waals surface area contributed by atoms with Gasteiger partial charge in [0.25, 0.3) is 5.91 Å². The number of benzene rings is 1. The first kappa shape index (κ1) is 14.4. The highest BCUT2D eigenvalue weighted by molar-refractivity contribution is 14.1. The predicted octanol–water partition coefficient (Wildman–Crippen LogP) is 2.48. The predicted molar refractivity (Wildman–Crippen MR) is 82.1 cm³/mol. The maximum Gasteiger partial charge on any atom is 0.251 e. The Bertz CT molecular complexity index is 409. The normalized spacial score (nSPS) is 9.94. The molecule has 0 unspecified atom stereocenters. The number of amides is 1. The number of thiocarbonyl (C=S) groups is 1. The minimum atomic E-state index is -0.0289. The number of hydrogen-bond acceptors (Lipinski definition) is 2. The molecule has 5 heteroatoms. The van der Waals surface area contributed by atoms with E-state index in [0.717, 1.165) is 22.8 Å². The van der Waals surface area contributed by atoms with Gasteiger partial charge in [0.2, 0.25) is 0 Å². The van der Waals surface area contributed by atoms with Crippen LogP contribution < -0.4 is 11.1 Å². The molecule has 0 aromatic heterocycles. The molecule has 1 aromatic rings. The molecule has 3 nitrogen and oxygen atoms in total. The summed E-state index contributed by atoms with van der Waals surface area (Å²) < 4.78 is 1.06. The van der Waals surface area contributed by atoms with Crippen LogP contribution in [0.1, 0.15) is 29.6 Å². The maximum atomic E-state index is 11.7. The molecule has 1 aromatic carbocycles. The molecule has 1 amide bonds. The van der Waals surface area contributed by atoms with Crippen LogP contribution in [-0.4, -0.2) is 17.4 Å². The zero-order valence-corrected chi connectivity index (χ0v) is 12.4. The van der Waals surface area contributed by atoms with Gasteiger partial charge in [0.05, 0.1) is 4.99 Å². The Hall–Kier alpha value is -0.690. The lowest BCUT2D eigenvalue weighted by molar-refractivity contribution is 0.0953. The third-order valence-electron chi connectivity index (χ3n) is 2.22. The summed E-state index contributed by atoms with van der Waals surface area (Å²) in [4.78, 5) is 12.3. The highest BCUT2D eigenvalue weighted by Gasteiger charge is 2.04. The fourth-order valence-corrected chi connectivity index (χ4v) is 2.05. The van der Waals surface area contributed by atoms with Gasteiger partial charge >= 0.3 is 0 Å². The first-order valence-corrected chi connectivity index (χ1v) is 6.90. The summed E-state index contributed by atoms with van der Waals surface area (Å²) in [6.07, 6.45) is 2.56. The van der Waals surface area contributed by atoms with Crippen molar-refractivity contribution in [2.24, 2.45) is 5.73 Å². The number of carbonyl (C=O) groups is 1. The zero-order chi connectivity index (χ0) is 12.7. The summed E-state index contributed by atoms with van der Waals surface area (Å²) in [5.74, 6) is -0.0289. The minimum absolute atomic E-state index is 0.0289. The third kappa shape index (κ3) is 5.97. The molecule has 0 atom stereocenters. The SMILES string of the molecule is NC(=S)CCCCNC(=O)c1cccc(I)c1. The molecule has 0 saturated carbocycles. The Morgan fingerprint density at radius 2 is 2.18 bits per heavy atom. The fourth-order valence-electron chi connectivity index (χ4n) is 1.36. The average Bonchev–Trinajstić information content (AvgIpc) is 2.28. The highest BCUT2D eigenvalue weighted by Crippen LogP contribution is 2.07. The molecule has 0 radical (unpaired) electrons. The van der Waals surface area contributed by atoms with E-state index < -0.39 is 0 Å². The van der Waals surface area contributed by atoms with Crippen LogP contribution in [0.2, 0.25) is 0 Å². The van der Waals surface area contributed by atoms with Gasteiger partial charge in [-0.05, 0) is 60.1 Å². The first-order chi connectivity index (χ1) is 8.09. The molecule has 0 aliphatic rings. The lowest BCUT2D eigenvalue weighted by Crippen LogP contribution is -2.24. The van der Waals surface area contributed by atoms with Crippen molar-refractivity contribution in [2.75, 3.05) is 6.54 Å². The summed E-state index contributed by atoms with van der Waals surface area (Å²) >= 11 is 6.97. The molecule has 3 N–H and O–H groups in total. The smallest absolute Gasteiger partial charge is 0.251 e. The van der Waals surface area contributed by atoms with Crippen molar-refractivity contribution in [3.05, 3.63) is 33.4 Å². The van der Waals surface area contributed by atoms with Gasteiger partial charge in [0.15, 0.2) is 0 Å². The van der Waals surface area contributed by atoms with Gasteiger partial charge in [0, 0.05) is 15.7 Å². The van der Waals surface area contributed by atoms with Crippen molar-refractivity contribution in [2.45, 2.75) is 19.3 Å². The van der Waals surface area contributed by atoms with Crippen LogP contribution in [0.3, 0.4) is 0 Å². The van der Waals surface area contributed by atoms with Crippen molar-refractivity contribution in [3.8, 4) is 0 Å². The van der Waals surface area contributed by atoms with Gasteiger partial charge in [-0.25, -0.2) is 0 Å². The Kier molecular flexibility index (Phi) is 6.43. The lowest BCUT2D eigenvalue weighted by atomic mass is 10.2. The number of rotatable bonds is 6. The van der Waals surface area contributed by atoms with Crippen molar-refractivity contribution in [3.63, 3.8) is 0 Å². The van der Waals surface area contributed by atoms with Crippen LogP contribution in [0, 0.1) is 3.57 Å². The van der Waals surface area contributed by atoms with E-state index in [9.17, 15) is 4.79 Å². The van der Waals surface area contributed by atoms with E-state index in [1.165, 1.54) is 0 Å². The van der Waals surface area contributed by atoms with E-state index in [4.69, 9.17) is 18.0 Å². The van der Waals surface area contributed by atoms with Gasteiger partial charge in [0.1, 0.15) is 0 Å². The standard InChI is InChI=1S/C12H15IN2OS/c13-10-5-3-4-9(8-10)12(16)15-7-2-1-6-11(14)17/h3-5,8H,1-2,6-7H2,(H2,14,17)(H,15,16). The molecule has 0 saturated heterocycles. The van der Waals surface area contributed by atoms with E-state index in [-0.39, 0.29) is 5.91 Å². The van der Waals surface area contributed by atoms with Gasteiger partial charge in [-0.1, -0.05) is 18.3 Å². The molecule has 0 aliphatic carbocycles. The van der Waals surface area contributed by atoms with Crippen LogP contribution >= 0.6 is 34.8 Å². The van der Waals surface area contributed by atoms with Crippen LogP contribution in [0.5, 0.6) is 0 Å². The van der Waals surface area contributed by atoms with Crippen LogP contribution in [0.15, 0.2) is 24.3 Å². The molecule has 0 heterocycles. The highest BCUT2D eigenvalue weighted by atomic mass is 127. The molecule has 92 valence electrons. The number of nitrogens with two attached hydrogens (primary N) is 1. The number of carbonyl (C=O) groups excluding carboxylic acids is 1. The topological polar surface area (TPSA) is 55.1 Å². The summed E-state index contributed by atoms with van der Waals surface area (Å²) in [6, 6.07) is 7.51. The lowest BCUT2D eigenvalue weighted by Gasteiger charge is -2.05. The summed E-state index contributed by atoms with van der Waals surface area (Å²) in [7, 11) is 0. The van der Waals surface area contributed by atoms with Gasteiger partial charge in [-0.2, -0.15) is 0 Å². The molecule has 0 aliphatic heterocycles. The Balaban J connectivity index is 2.28. The van der Waals surface area contributed by atoms with E-state index in [0.29, 0.717) is 17.1 Å². The van der Waals surface area contributed by atoms with E-state index >= 15 is 0 Å². The molecule has 1 rings (SSSR count). The maximum absolute atomic E-state index is 11.7. The second kappa shape index (κ2) is 7.60. The monoisotopic (exact) mass is 362 g/mol. The first-order valence-electron chi connectivity index (χ1n) is 5.41. The number of unbranched alkanes of at least 4 members (excludes halogenated alkanes) is 1. The second-order valence-corrected chi connectivity index (χ2v) is 5.46. The molecular formula is C12H15IN2OS. The molecule has 17 heavy (non-hydrogen) atoms. The number of hydrogen-bond donors (Lipinski definition) is 2. The molecule has 0 fully saturated rings. The van der Waals surface area contributed by atoms with E-state index in [1.54, 1.807) is 0 Å². The Morgan fingerprint density at radius 3 is 2.82 bits per heavy atom. The van der Waals surface area contributed by atoms with Gasteiger partial charge < -0.3 is 11.1 Å². The average molecular weight is 362 g/mol. The van der Waals surface area contributed by atoms with Crippen molar-refractivity contribution >= 4 is 45.7 Å². The number of halogens is 1. The zero-order valence-electron chi connectivity index (χ0n) is 9.41. The van der Waals surface area contributed by atoms with Gasteiger partial charge in [-0.3, -0.25) is 4.79 Å². The summed E-state index contributed by atoms with van der Waals surface area (Å²) in [5, 5.41) is 2.87. The van der Waals surface area contributed by atoms with Crippen molar-refractivity contribution in [1.29, 1.82) is 0 Å². The Labute approximate surface area is 120 Å². The summed E-state index contributed by atoms with van der Waals surface area (Å²) in [5.41, 5.74) is 6.09. The van der Waals surface area contributed by atoms with E-state index in [2.05, 4.69) is 27.9 Å². The molecule has 0 spiro atoms. The fraction of sp³-hybridized carbons (Fsp3) is 0.333. The van der Waals surface area contributed by atoms with Crippen LogP contribution in [0.25, 0.3) is 0 Å². The Morgan fingerprint density at radius 1 is 1.41 bits per heavy atom.